The van der Waals surface area contributed by atoms with Crippen LogP contribution < -0.4 is 11.2 Å². The van der Waals surface area contributed by atoms with Crippen LogP contribution in [0.25, 0.3) is 11.2 Å². The van der Waals surface area contributed by atoms with Crippen LogP contribution in [-0.4, -0.2) is 47.8 Å². The van der Waals surface area contributed by atoms with E-state index in [2.05, 4.69) is 20.3 Å². The van der Waals surface area contributed by atoms with Crippen molar-refractivity contribution in [3.8, 4) is 0 Å². The summed E-state index contributed by atoms with van der Waals surface area (Å²) in [5.74, 6) is -0.920. The zero-order valence-corrected chi connectivity index (χ0v) is 12.6. The fourth-order valence-electron chi connectivity index (χ4n) is 2.57. The lowest BCUT2D eigenvalue weighted by molar-refractivity contribution is -0.142. The highest BCUT2D eigenvalue weighted by Gasteiger charge is 2.30. The average molecular weight is 321 g/mol. The molecule has 23 heavy (non-hydrogen) atoms. The quantitative estimate of drug-likeness (QED) is 0.731. The van der Waals surface area contributed by atoms with E-state index in [9.17, 15) is 14.4 Å². The summed E-state index contributed by atoms with van der Waals surface area (Å²) in [4.78, 5) is 41.7. The molecule has 0 aromatic carbocycles. The number of carbonyl (C=O) groups is 1. The number of fused-ring (bicyclic) bond motifs is 1. The molecule has 3 rings (SSSR count). The highest BCUT2D eigenvalue weighted by molar-refractivity contribution is 5.73. The minimum atomic E-state index is -0.956. The molecule has 1 aliphatic heterocycles. The van der Waals surface area contributed by atoms with E-state index in [0.717, 1.165) is 4.57 Å². The molecule has 11 heteroatoms. The predicted octanol–water partition coefficient (Wildman–Crippen LogP) is -0.492. The minimum absolute atomic E-state index is 0.0364. The summed E-state index contributed by atoms with van der Waals surface area (Å²) in [6.45, 7) is 0.487. The monoisotopic (exact) mass is 321 g/mol. The van der Waals surface area contributed by atoms with Crippen molar-refractivity contribution in [1.82, 2.24) is 24.1 Å². The normalized spacial score (nSPS) is 18.3. The standard InChI is InChI=1S/C12H15N7O4/c1-17-8-7(9(20)18(2)12(17)23)13-11(14-8)15-16-19-5-3-4-6(19)10(21)22/h6H,3-5H2,1-2H3,(H,13,14)(H,21,22)/t6-/m0/s1. The molecule has 0 radical (unpaired) electrons. The molecule has 1 aliphatic rings. The summed E-state index contributed by atoms with van der Waals surface area (Å²) in [5.41, 5.74) is -0.701. The topological polar surface area (TPSA) is 138 Å². The highest BCUT2D eigenvalue weighted by atomic mass is 16.4. The number of carboxylic acid groups (broad SMARTS) is 1. The molecule has 122 valence electrons. The molecule has 1 saturated heterocycles. The van der Waals surface area contributed by atoms with Gasteiger partial charge in [-0.3, -0.25) is 18.9 Å². The third-order valence-electron chi connectivity index (χ3n) is 3.85. The van der Waals surface area contributed by atoms with E-state index < -0.39 is 23.3 Å². The number of hydrogen-bond donors (Lipinski definition) is 2. The number of aliphatic carboxylic acids is 1. The van der Waals surface area contributed by atoms with Gasteiger partial charge in [-0.1, -0.05) is 10.3 Å². The number of aryl methyl sites for hydroxylation is 1. The fraction of sp³-hybridized carbons (Fsp3) is 0.500. The van der Waals surface area contributed by atoms with Crippen molar-refractivity contribution in [1.29, 1.82) is 0 Å². The number of imidazole rings is 1. The van der Waals surface area contributed by atoms with Crippen molar-refractivity contribution >= 4 is 23.1 Å². The van der Waals surface area contributed by atoms with Gasteiger partial charge < -0.3 is 10.1 Å². The van der Waals surface area contributed by atoms with Gasteiger partial charge in [0, 0.05) is 20.6 Å². The number of H-pyrrole nitrogens is 1. The molecular weight excluding hydrogens is 306 g/mol. The van der Waals surface area contributed by atoms with Gasteiger partial charge in [0.1, 0.15) is 6.04 Å². The van der Waals surface area contributed by atoms with Gasteiger partial charge in [-0.2, -0.15) is 4.98 Å². The first-order valence-electron chi connectivity index (χ1n) is 6.97. The van der Waals surface area contributed by atoms with Crippen LogP contribution in [-0.2, 0) is 18.9 Å². The molecule has 0 saturated carbocycles. The summed E-state index contributed by atoms with van der Waals surface area (Å²) in [6, 6.07) is -0.708. The molecule has 0 amide bonds. The van der Waals surface area contributed by atoms with Crippen LogP contribution in [0.4, 0.5) is 5.95 Å². The van der Waals surface area contributed by atoms with Gasteiger partial charge >= 0.3 is 11.7 Å². The molecule has 0 aliphatic carbocycles. The summed E-state index contributed by atoms with van der Waals surface area (Å²) >= 11 is 0. The van der Waals surface area contributed by atoms with Crippen LogP contribution in [0.1, 0.15) is 12.8 Å². The third-order valence-corrected chi connectivity index (χ3v) is 3.85. The van der Waals surface area contributed by atoms with Crippen LogP contribution >= 0.6 is 0 Å². The van der Waals surface area contributed by atoms with Gasteiger partial charge in [0.2, 0.25) is 0 Å². The van der Waals surface area contributed by atoms with Crippen molar-refractivity contribution in [3.63, 3.8) is 0 Å². The Kier molecular flexibility index (Phi) is 3.47. The number of aromatic amines is 1. The third kappa shape index (κ3) is 2.39. The van der Waals surface area contributed by atoms with Gasteiger partial charge in [-0.05, 0) is 12.8 Å². The molecule has 2 aromatic heterocycles. The highest BCUT2D eigenvalue weighted by Crippen LogP contribution is 2.19. The van der Waals surface area contributed by atoms with Crippen LogP contribution in [0.3, 0.4) is 0 Å². The Morgan fingerprint density at radius 3 is 2.78 bits per heavy atom. The lowest BCUT2D eigenvalue weighted by atomic mass is 10.2. The van der Waals surface area contributed by atoms with E-state index in [1.807, 2.05) is 0 Å². The van der Waals surface area contributed by atoms with Gasteiger partial charge in [0.05, 0.1) is 0 Å². The number of carboxylic acids is 1. The van der Waals surface area contributed by atoms with E-state index in [-0.39, 0.29) is 17.1 Å². The SMILES string of the molecule is Cn1c(=O)c2[nH]c(N=NN3CCC[C@H]3C(=O)O)nc2n(C)c1=O. The Balaban J connectivity index is 1.99. The maximum atomic E-state index is 12.0. The maximum absolute atomic E-state index is 12.0. The molecule has 1 fully saturated rings. The molecule has 0 bridgehead atoms. The zero-order valence-electron chi connectivity index (χ0n) is 12.6. The minimum Gasteiger partial charge on any atom is -0.480 e. The van der Waals surface area contributed by atoms with E-state index in [1.165, 1.54) is 23.7 Å². The second-order valence-corrected chi connectivity index (χ2v) is 5.31. The van der Waals surface area contributed by atoms with Gasteiger partial charge in [0.25, 0.3) is 11.5 Å². The second-order valence-electron chi connectivity index (χ2n) is 5.31. The first-order valence-corrected chi connectivity index (χ1v) is 6.97. The zero-order chi connectivity index (χ0) is 16.7. The van der Waals surface area contributed by atoms with E-state index in [0.29, 0.717) is 19.4 Å². The Hall–Kier alpha value is -2.98. The lowest BCUT2D eigenvalue weighted by Gasteiger charge is -2.14. The number of nitrogens with one attached hydrogen (secondary N) is 1. The summed E-state index contributed by atoms with van der Waals surface area (Å²) in [6.07, 6.45) is 1.22. The van der Waals surface area contributed by atoms with Crippen molar-refractivity contribution in [3.05, 3.63) is 20.8 Å². The molecule has 3 heterocycles. The first kappa shape index (κ1) is 14.9. The summed E-state index contributed by atoms with van der Waals surface area (Å²) in [7, 11) is 2.86. The molecule has 11 nitrogen and oxygen atoms in total. The molecule has 1 atom stereocenters. The molecular formula is C12H15N7O4. The van der Waals surface area contributed by atoms with Gasteiger partial charge in [-0.25, -0.2) is 9.59 Å². The van der Waals surface area contributed by atoms with Crippen LogP contribution in [0, 0.1) is 0 Å². The van der Waals surface area contributed by atoms with Crippen molar-refractivity contribution in [2.75, 3.05) is 6.54 Å². The van der Waals surface area contributed by atoms with E-state index >= 15 is 0 Å². The maximum Gasteiger partial charge on any atom is 0.332 e. The number of rotatable bonds is 3. The first-order chi connectivity index (χ1) is 10.9. The van der Waals surface area contributed by atoms with Crippen LogP contribution in [0.5, 0.6) is 0 Å². The summed E-state index contributed by atoms with van der Waals surface area (Å²) < 4.78 is 2.19. The number of nitrogens with zero attached hydrogens (tertiary/aromatic N) is 6. The van der Waals surface area contributed by atoms with Crippen LogP contribution in [0.15, 0.2) is 19.9 Å². The van der Waals surface area contributed by atoms with E-state index in [4.69, 9.17) is 5.11 Å². The van der Waals surface area contributed by atoms with Crippen molar-refractivity contribution < 1.29 is 9.90 Å². The average Bonchev–Trinajstić information content (AvgIpc) is 3.15. The predicted molar refractivity (Wildman–Crippen MR) is 78.5 cm³/mol. The Morgan fingerprint density at radius 1 is 1.35 bits per heavy atom. The molecule has 2 N–H and O–H groups in total. The van der Waals surface area contributed by atoms with Crippen molar-refractivity contribution in [2.24, 2.45) is 24.4 Å². The molecule has 0 unspecified atom stereocenters. The smallest absolute Gasteiger partial charge is 0.332 e. The number of aromatic nitrogens is 4. The van der Waals surface area contributed by atoms with Crippen molar-refractivity contribution in [2.45, 2.75) is 18.9 Å². The Bertz CT molecular complexity index is 922. The van der Waals surface area contributed by atoms with Gasteiger partial charge in [-0.15, -0.1) is 0 Å². The molecule has 0 spiro atoms. The lowest BCUT2D eigenvalue weighted by Crippen LogP contribution is -2.36. The molecule has 2 aromatic rings. The van der Waals surface area contributed by atoms with Gasteiger partial charge in [0.15, 0.2) is 11.2 Å². The Morgan fingerprint density at radius 2 is 2.09 bits per heavy atom. The van der Waals surface area contributed by atoms with E-state index in [1.54, 1.807) is 0 Å². The fourth-order valence-corrected chi connectivity index (χ4v) is 2.57. The summed E-state index contributed by atoms with van der Waals surface area (Å²) in [5, 5.41) is 18.2. The largest absolute Gasteiger partial charge is 0.480 e. The Labute approximate surface area is 128 Å². The second kappa shape index (κ2) is 5.34. The van der Waals surface area contributed by atoms with Crippen LogP contribution in [0.2, 0.25) is 0 Å². The number of hydrogen-bond acceptors (Lipinski definition) is 6.